The lowest BCUT2D eigenvalue weighted by atomic mass is 10.1. The van der Waals surface area contributed by atoms with Crippen molar-refractivity contribution in [3.63, 3.8) is 0 Å². The predicted molar refractivity (Wildman–Crippen MR) is 108 cm³/mol. The number of anilines is 2. The van der Waals surface area contributed by atoms with Crippen LogP contribution < -0.4 is 20.7 Å². The Morgan fingerprint density at radius 3 is 2.55 bits per heavy atom. The number of esters is 1. The quantitative estimate of drug-likeness (QED) is 0.515. The van der Waals surface area contributed by atoms with Crippen LogP contribution >= 0.6 is 0 Å². The van der Waals surface area contributed by atoms with Gasteiger partial charge < -0.3 is 4.74 Å². The van der Waals surface area contributed by atoms with Crippen LogP contribution in [0, 0.1) is 13.8 Å². The molecule has 9 heteroatoms. The lowest BCUT2D eigenvalue weighted by Crippen LogP contribution is -2.45. The Morgan fingerprint density at radius 1 is 1.21 bits per heavy atom. The normalized spacial score (nSPS) is 13.2. The maximum atomic E-state index is 13.1. The third kappa shape index (κ3) is 3.02. The number of hydrogen-bond acceptors (Lipinski definition) is 5. The molecule has 0 spiro atoms. The number of nitrogens with one attached hydrogen (secondary N) is 1. The van der Waals surface area contributed by atoms with Gasteiger partial charge in [0.15, 0.2) is 0 Å². The van der Waals surface area contributed by atoms with Crippen LogP contribution in [-0.2, 0) is 29.7 Å². The van der Waals surface area contributed by atoms with Gasteiger partial charge in [0.05, 0.1) is 6.61 Å². The van der Waals surface area contributed by atoms with Crippen LogP contribution in [-0.4, -0.2) is 33.2 Å². The number of hydrogen-bond donors (Lipinski definition) is 1. The second-order valence-corrected chi connectivity index (χ2v) is 7.33. The van der Waals surface area contributed by atoms with Gasteiger partial charge >= 0.3 is 17.6 Å². The first-order valence-corrected chi connectivity index (χ1v) is 9.58. The molecular formula is C20H24N5O4+. The summed E-state index contributed by atoms with van der Waals surface area (Å²) in [5, 5.41) is 0. The minimum Gasteiger partial charge on any atom is -0.465 e. The average Bonchev–Trinajstić information content (AvgIpc) is 3.22. The van der Waals surface area contributed by atoms with Gasteiger partial charge in [0.1, 0.15) is 25.3 Å². The summed E-state index contributed by atoms with van der Waals surface area (Å²) in [6, 6.07) is 6.29. The van der Waals surface area contributed by atoms with Crippen LogP contribution in [0.1, 0.15) is 18.1 Å². The van der Waals surface area contributed by atoms with Crippen molar-refractivity contribution in [1.82, 2.24) is 14.1 Å². The molecule has 0 amide bonds. The van der Waals surface area contributed by atoms with Gasteiger partial charge in [-0.3, -0.25) is 14.2 Å². The van der Waals surface area contributed by atoms with Crippen molar-refractivity contribution in [2.24, 2.45) is 7.05 Å². The largest absolute Gasteiger partial charge is 0.465 e. The molecule has 3 heterocycles. The number of carbonyl (C=O) groups excluding carboxylic acids is 1. The fourth-order valence-corrected chi connectivity index (χ4v) is 3.99. The summed E-state index contributed by atoms with van der Waals surface area (Å²) in [6.07, 6.45) is 0. The standard InChI is InChI=1S/C20H23N5O4/c1-5-29-15(26)11-25-18(27)16-17(22(4)20(25)28)21-19-23(6-7-24(16)19)14-9-12(2)8-13(3)10-14/h8-10H,5-7,11H2,1-4H3/p+1. The Balaban J connectivity index is 1.89. The van der Waals surface area contributed by atoms with Crippen molar-refractivity contribution >= 4 is 28.8 Å². The Morgan fingerprint density at radius 2 is 1.90 bits per heavy atom. The van der Waals surface area contributed by atoms with E-state index >= 15 is 0 Å². The second-order valence-electron chi connectivity index (χ2n) is 7.33. The average molecular weight is 398 g/mol. The topological polar surface area (TPSA) is 93.2 Å². The number of rotatable bonds is 4. The number of carbonyl (C=O) groups is 1. The molecule has 4 rings (SSSR count). The Labute approximate surface area is 166 Å². The first kappa shape index (κ1) is 19.0. The van der Waals surface area contributed by atoms with Crippen molar-refractivity contribution in [2.75, 3.05) is 18.1 Å². The van der Waals surface area contributed by atoms with Crippen molar-refractivity contribution in [3.05, 3.63) is 50.2 Å². The zero-order valence-electron chi connectivity index (χ0n) is 17.0. The maximum Gasteiger partial charge on any atom is 0.364 e. The first-order valence-electron chi connectivity index (χ1n) is 9.58. The molecular weight excluding hydrogens is 374 g/mol. The molecule has 152 valence electrons. The molecule has 1 aliphatic heterocycles. The molecule has 1 aromatic carbocycles. The zero-order valence-corrected chi connectivity index (χ0v) is 17.0. The van der Waals surface area contributed by atoms with Gasteiger partial charge in [-0.25, -0.2) is 23.8 Å². The minimum absolute atomic E-state index is 0.190. The number of aromatic amines is 1. The maximum absolute atomic E-state index is 13.1. The molecule has 0 unspecified atom stereocenters. The van der Waals surface area contributed by atoms with E-state index in [0.29, 0.717) is 24.3 Å². The van der Waals surface area contributed by atoms with E-state index in [0.717, 1.165) is 27.3 Å². The van der Waals surface area contributed by atoms with E-state index in [-0.39, 0.29) is 6.61 Å². The molecule has 0 atom stereocenters. The molecule has 2 aromatic heterocycles. The lowest BCUT2D eigenvalue weighted by Gasteiger charge is -2.11. The van der Waals surface area contributed by atoms with Crippen molar-refractivity contribution in [1.29, 1.82) is 0 Å². The summed E-state index contributed by atoms with van der Waals surface area (Å²) in [4.78, 5) is 43.0. The van der Waals surface area contributed by atoms with Crippen LogP contribution in [0.15, 0.2) is 27.8 Å². The van der Waals surface area contributed by atoms with Gasteiger partial charge in [0.25, 0.3) is 5.56 Å². The molecule has 1 aliphatic rings. The number of benzene rings is 1. The molecule has 0 saturated carbocycles. The van der Waals surface area contributed by atoms with E-state index in [1.165, 1.54) is 4.57 Å². The Hall–Kier alpha value is -3.36. The molecule has 1 N–H and O–H groups in total. The van der Waals surface area contributed by atoms with Crippen molar-refractivity contribution in [3.8, 4) is 0 Å². The van der Waals surface area contributed by atoms with Crippen molar-refractivity contribution < 1.29 is 14.1 Å². The van der Waals surface area contributed by atoms with E-state index < -0.39 is 23.8 Å². The van der Waals surface area contributed by atoms with E-state index in [1.807, 2.05) is 18.4 Å². The Kier molecular flexibility index (Phi) is 4.52. The highest BCUT2D eigenvalue weighted by Crippen LogP contribution is 2.28. The summed E-state index contributed by atoms with van der Waals surface area (Å²) < 4.78 is 9.07. The van der Waals surface area contributed by atoms with Gasteiger partial charge in [0.2, 0.25) is 11.2 Å². The van der Waals surface area contributed by atoms with Gasteiger partial charge in [-0.15, -0.1) is 0 Å². The fraction of sp³-hybridized carbons (Fsp3) is 0.400. The molecule has 3 aromatic rings. The Bertz CT molecular complexity index is 1230. The van der Waals surface area contributed by atoms with E-state index in [1.54, 1.807) is 14.0 Å². The smallest absolute Gasteiger partial charge is 0.364 e. The van der Waals surface area contributed by atoms with Gasteiger partial charge in [-0.05, 0) is 44.0 Å². The first-order chi connectivity index (χ1) is 13.8. The second kappa shape index (κ2) is 6.91. The molecule has 0 radical (unpaired) electrons. The number of ether oxygens (including phenoxy) is 1. The van der Waals surface area contributed by atoms with E-state index in [4.69, 9.17) is 4.74 Å². The lowest BCUT2D eigenvalue weighted by molar-refractivity contribution is -0.644. The third-order valence-electron chi connectivity index (χ3n) is 5.19. The molecule has 29 heavy (non-hydrogen) atoms. The molecule has 0 saturated heterocycles. The fourth-order valence-electron chi connectivity index (χ4n) is 3.99. The van der Waals surface area contributed by atoms with Crippen LogP contribution in [0.2, 0.25) is 0 Å². The number of fused-ring (bicyclic) bond motifs is 3. The molecule has 0 bridgehead atoms. The summed E-state index contributed by atoms with van der Waals surface area (Å²) >= 11 is 0. The highest BCUT2D eigenvalue weighted by atomic mass is 16.5. The van der Waals surface area contributed by atoms with E-state index in [9.17, 15) is 14.4 Å². The predicted octanol–water partition coefficient (Wildman–Crippen LogP) is 0.647. The summed E-state index contributed by atoms with van der Waals surface area (Å²) in [7, 11) is 1.58. The third-order valence-corrected chi connectivity index (χ3v) is 5.19. The number of H-pyrrole nitrogens is 1. The molecule has 0 aliphatic carbocycles. The van der Waals surface area contributed by atoms with Crippen molar-refractivity contribution in [2.45, 2.75) is 33.9 Å². The molecule has 9 nitrogen and oxygen atoms in total. The highest BCUT2D eigenvalue weighted by molar-refractivity contribution is 5.72. The van der Waals surface area contributed by atoms with Gasteiger partial charge in [-0.1, -0.05) is 6.07 Å². The summed E-state index contributed by atoms with van der Waals surface area (Å²) in [6.45, 7) is 6.84. The van der Waals surface area contributed by atoms with Crippen LogP contribution in [0.5, 0.6) is 0 Å². The van der Waals surface area contributed by atoms with Crippen LogP contribution in [0.3, 0.4) is 0 Å². The number of aromatic nitrogens is 4. The summed E-state index contributed by atoms with van der Waals surface area (Å²) in [5.41, 5.74) is 3.08. The van der Waals surface area contributed by atoms with Gasteiger partial charge in [-0.2, -0.15) is 0 Å². The van der Waals surface area contributed by atoms with E-state index in [2.05, 4.69) is 28.1 Å². The molecule has 0 fully saturated rings. The minimum atomic E-state index is -0.611. The summed E-state index contributed by atoms with van der Waals surface area (Å²) in [5.74, 6) is 0.131. The number of nitrogens with zero attached hydrogens (tertiary/aromatic N) is 4. The van der Waals surface area contributed by atoms with Gasteiger partial charge in [0, 0.05) is 7.05 Å². The monoisotopic (exact) mass is 398 g/mol. The highest BCUT2D eigenvalue weighted by Gasteiger charge is 2.35. The SMILES string of the molecule is CCOC(=O)Cn1c(=O)c2c([nH]c3[n+]2CCN3c2cc(C)cc(C)c2)n(C)c1=O. The van der Waals surface area contributed by atoms with Crippen LogP contribution in [0.4, 0.5) is 11.6 Å². The number of aryl methyl sites for hydroxylation is 3. The van der Waals surface area contributed by atoms with Crippen LogP contribution in [0.25, 0.3) is 11.2 Å². The number of imidazole rings is 1. The zero-order chi connectivity index (χ0) is 20.9.